The number of pyridine rings is 3. The third-order valence-corrected chi connectivity index (χ3v) is 7.36. The summed E-state index contributed by atoms with van der Waals surface area (Å²) in [6.45, 7) is 8.82. The lowest BCUT2D eigenvalue weighted by Crippen LogP contribution is -2.11. The molecule has 0 aliphatic heterocycles. The Morgan fingerprint density at radius 3 is 2.34 bits per heavy atom. The van der Waals surface area contributed by atoms with Crippen molar-refractivity contribution >= 4 is 29.3 Å². The van der Waals surface area contributed by atoms with Crippen LogP contribution in [0.4, 0.5) is 18.9 Å². The summed E-state index contributed by atoms with van der Waals surface area (Å²) < 4.78 is 53.8. The predicted molar refractivity (Wildman–Crippen MR) is 135 cm³/mol. The molecule has 0 radical (unpaired) electrons. The van der Waals surface area contributed by atoms with E-state index in [1.165, 1.54) is 24.4 Å². The molecule has 0 aliphatic rings. The van der Waals surface area contributed by atoms with Crippen LogP contribution in [-0.2, 0) is 4.57 Å². The average molecular weight is 498 g/mol. The lowest BCUT2D eigenvalue weighted by Gasteiger charge is -2.21. The molecule has 35 heavy (non-hydrogen) atoms. The van der Waals surface area contributed by atoms with Crippen molar-refractivity contribution in [2.24, 2.45) is 0 Å². The zero-order valence-electron chi connectivity index (χ0n) is 20.1. The number of hydrogen-bond donors (Lipinski definition) is 1. The van der Waals surface area contributed by atoms with Crippen molar-refractivity contribution in [3.05, 3.63) is 76.9 Å². The topological polar surface area (TPSA) is 67.8 Å². The molecule has 0 bridgehead atoms. The van der Waals surface area contributed by atoms with Crippen molar-refractivity contribution in [2.75, 3.05) is 18.6 Å². The number of rotatable bonds is 6. The van der Waals surface area contributed by atoms with Crippen LogP contribution in [0.3, 0.4) is 0 Å². The molecule has 0 fully saturated rings. The van der Waals surface area contributed by atoms with Crippen molar-refractivity contribution < 1.29 is 17.7 Å². The van der Waals surface area contributed by atoms with Crippen LogP contribution in [0.1, 0.15) is 41.8 Å². The van der Waals surface area contributed by atoms with Gasteiger partial charge < -0.3 is 9.88 Å². The summed E-state index contributed by atoms with van der Waals surface area (Å²) in [6.07, 6.45) is -1.10. The third-order valence-electron chi connectivity index (χ3n) is 6.00. The maximum Gasteiger partial charge on any atom is 0.263 e. The van der Waals surface area contributed by atoms with Crippen LogP contribution in [0, 0.1) is 19.7 Å². The van der Waals surface area contributed by atoms with Gasteiger partial charge in [0.25, 0.3) is 6.43 Å². The van der Waals surface area contributed by atoms with E-state index in [-0.39, 0.29) is 17.3 Å². The molecule has 3 heterocycles. The first-order valence-electron chi connectivity index (χ1n) is 11.1. The Morgan fingerprint density at radius 2 is 1.71 bits per heavy atom. The van der Waals surface area contributed by atoms with Crippen LogP contribution in [-0.4, -0.2) is 28.3 Å². The summed E-state index contributed by atoms with van der Waals surface area (Å²) >= 11 is 0. The van der Waals surface area contributed by atoms with E-state index in [2.05, 4.69) is 20.3 Å². The fourth-order valence-electron chi connectivity index (χ4n) is 3.86. The third kappa shape index (κ3) is 5.08. The summed E-state index contributed by atoms with van der Waals surface area (Å²) in [6, 6.07) is 10.5. The number of nitrogens with one attached hydrogen (secondary N) is 1. The molecule has 9 heteroatoms. The Hall–Kier alpha value is -3.25. The predicted octanol–water partition coefficient (Wildman–Crippen LogP) is 6.81. The van der Waals surface area contributed by atoms with Crippen LogP contribution in [0.5, 0.6) is 0 Å². The molecule has 5 nitrogen and oxygen atoms in total. The Bertz CT molecular complexity index is 1450. The standard InChI is InChI=1S/C26H26F3N4OP/c1-14-15(2)31-21-12-20(27)24(19-9-10-22(30-13-19)35(4,5)34)33-25(21)23(14)32-16(3)17-7-6-8-18(11-17)26(28)29/h6-13,16,26H,1-5H3,(H,31,32)/t16-/m1/s1. The highest BCUT2D eigenvalue weighted by Gasteiger charge is 2.19. The van der Waals surface area contributed by atoms with Gasteiger partial charge in [-0.15, -0.1) is 0 Å². The SMILES string of the molecule is Cc1nc2cc(F)c(-c3ccc(P(C)(C)=O)nc3)nc2c(N[C@H](C)c2cccc(C(F)F)c2)c1C. The van der Waals surface area contributed by atoms with Gasteiger partial charge in [-0.2, -0.15) is 0 Å². The molecule has 0 amide bonds. The second kappa shape index (κ2) is 9.42. The monoisotopic (exact) mass is 498 g/mol. The molecule has 0 saturated carbocycles. The van der Waals surface area contributed by atoms with Gasteiger partial charge in [-0.25, -0.2) is 18.2 Å². The molecule has 1 N–H and O–H groups in total. The fourth-order valence-corrected chi connectivity index (χ4v) is 4.63. The van der Waals surface area contributed by atoms with Crippen molar-refractivity contribution in [3.63, 3.8) is 0 Å². The van der Waals surface area contributed by atoms with Crippen molar-refractivity contribution in [2.45, 2.75) is 33.2 Å². The number of benzene rings is 1. The zero-order valence-corrected chi connectivity index (χ0v) is 21.0. The zero-order chi connectivity index (χ0) is 25.5. The number of aryl methyl sites for hydroxylation is 1. The van der Waals surface area contributed by atoms with E-state index < -0.39 is 19.4 Å². The molecule has 4 aromatic rings. The number of aromatic nitrogens is 3. The van der Waals surface area contributed by atoms with Crippen LogP contribution in [0.25, 0.3) is 22.3 Å². The van der Waals surface area contributed by atoms with E-state index in [0.717, 1.165) is 5.56 Å². The van der Waals surface area contributed by atoms with Gasteiger partial charge in [-0.1, -0.05) is 18.2 Å². The van der Waals surface area contributed by atoms with E-state index in [1.807, 2.05) is 20.8 Å². The summed E-state index contributed by atoms with van der Waals surface area (Å²) in [5.74, 6) is -0.553. The maximum atomic E-state index is 15.1. The van der Waals surface area contributed by atoms with E-state index >= 15 is 4.39 Å². The highest BCUT2D eigenvalue weighted by Crippen LogP contribution is 2.35. The molecule has 0 spiro atoms. The minimum Gasteiger partial charge on any atom is -0.376 e. The molecule has 3 aromatic heterocycles. The second-order valence-electron chi connectivity index (χ2n) is 8.98. The quantitative estimate of drug-likeness (QED) is 0.296. The number of halogens is 3. The Morgan fingerprint density at radius 1 is 1.00 bits per heavy atom. The van der Waals surface area contributed by atoms with Crippen molar-refractivity contribution in [1.29, 1.82) is 0 Å². The largest absolute Gasteiger partial charge is 0.376 e. The lowest BCUT2D eigenvalue weighted by molar-refractivity contribution is 0.151. The van der Waals surface area contributed by atoms with Crippen LogP contribution < -0.4 is 10.8 Å². The molecule has 1 atom stereocenters. The number of nitrogens with zero attached hydrogens (tertiary/aromatic N) is 3. The number of alkyl halides is 2. The molecule has 182 valence electrons. The lowest BCUT2D eigenvalue weighted by atomic mass is 10.0. The molecule has 4 rings (SSSR count). The first-order valence-corrected chi connectivity index (χ1v) is 13.7. The molecule has 0 saturated heterocycles. The molecular formula is C26H26F3N4OP. The minimum absolute atomic E-state index is 0.0502. The Balaban J connectivity index is 1.81. The molecule has 1 aromatic carbocycles. The van der Waals surface area contributed by atoms with Gasteiger partial charge in [-0.05, 0) is 63.4 Å². The van der Waals surface area contributed by atoms with Gasteiger partial charge in [-0.3, -0.25) is 9.97 Å². The Kier molecular flexibility index (Phi) is 6.69. The van der Waals surface area contributed by atoms with Gasteiger partial charge in [0, 0.05) is 35.1 Å². The van der Waals surface area contributed by atoms with E-state index in [1.54, 1.807) is 37.6 Å². The molecular weight excluding hydrogens is 472 g/mol. The number of anilines is 1. The first-order chi connectivity index (χ1) is 16.5. The van der Waals surface area contributed by atoms with E-state index in [0.29, 0.717) is 39.0 Å². The summed E-state index contributed by atoms with van der Waals surface area (Å²) in [5, 5.41) is 3.38. The van der Waals surface area contributed by atoms with Crippen molar-refractivity contribution in [1.82, 2.24) is 15.0 Å². The van der Waals surface area contributed by atoms with Crippen LogP contribution in [0.15, 0.2) is 48.7 Å². The highest BCUT2D eigenvalue weighted by molar-refractivity contribution is 7.69. The smallest absolute Gasteiger partial charge is 0.263 e. The van der Waals surface area contributed by atoms with Crippen LogP contribution >= 0.6 is 7.14 Å². The van der Waals surface area contributed by atoms with Crippen LogP contribution in [0.2, 0.25) is 0 Å². The highest BCUT2D eigenvalue weighted by atomic mass is 31.2. The van der Waals surface area contributed by atoms with Gasteiger partial charge in [0.1, 0.15) is 18.4 Å². The van der Waals surface area contributed by atoms with E-state index in [9.17, 15) is 13.3 Å². The normalized spacial score (nSPS) is 12.8. The second-order valence-corrected chi connectivity index (χ2v) is 12.1. The maximum absolute atomic E-state index is 15.1. The summed E-state index contributed by atoms with van der Waals surface area (Å²) in [4.78, 5) is 13.4. The number of hydrogen-bond acceptors (Lipinski definition) is 5. The average Bonchev–Trinajstić information content (AvgIpc) is 2.81. The summed E-state index contributed by atoms with van der Waals surface area (Å²) in [7, 11) is -2.55. The minimum atomic E-state index is -2.56. The van der Waals surface area contributed by atoms with Gasteiger partial charge in [0.2, 0.25) is 0 Å². The summed E-state index contributed by atoms with van der Waals surface area (Å²) in [5.41, 5.74) is 4.66. The van der Waals surface area contributed by atoms with Crippen molar-refractivity contribution in [3.8, 4) is 11.3 Å². The van der Waals surface area contributed by atoms with Gasteiger partial charge in [0.05, 0.1) is 16.6 Å². The van der Waals surface area contributed by atoms with Gasteiger partial charge in [0.15, 0.2) is 5.82 Å². The Labute approximate surface area is 202 Å². The molecule has 0 unspecified atom stereocenters. The van der Waals surface area contributed by atoms with Gasteiger partial charge >= 0.3 is 0 Å². The molecule has 0 aliphatic carbocycles. The fraction of sp³-hybridized carbons (Fsp3) is 0.269. The first kappa shape index (κ1) is 24.9. The van der Waals surface area contributed by atoms with E-state index in [4.69, 9.17) is 0 Å². The number of fused-ring (bicyclic) bond motifs is 1.